The molecule has 0 spiro atoms. The largest absolute Gasteiger partial charge is 0.444 e. The molecule has 0 aliphatic heterocycles. The van der Waals surface area contributed by atoms with Crippen molar-refractivity contribution in [2.45, 2.75) is 45.7 Å². The van der Waals surface area contributed by atoms with Crippen molar-refractivity contribution in [1.82, 2.24) is 10.3 Å². The van der Waals surface area contributed by atoms with Crippen LogP contribution in [0.4, 0.5) is 0 Å². The van der Waals surface area contributed by atoms with Crippen LogP contribution in [0.15, 0.2) is 10.6 Å². The maximum atomic E-state index is 11.5. The van der Waals surface area contributed by atoms with Crippen LogP contribution in [0, 0.1) is 0 Å². The first-order valence-electron chi connectivity index (χ1n) is 5.64. The molecule has 5 nitrogen and oxygen atoms in total. The Morgan fingerprint density at radius 2 is 2.38 bits per heavy atom. The van der Waals surface area contributed by atoms with Gasteiger partial charge in [0.15, 0.2) is 0 Å². The summed E-state index contributed by atoms with van der Waals surface area (Å²) >= 11 is 0. The van der Waals surface area contributed by atoms with E-state index in [0.29, 0.717) is 18.9 Å². The summed E-state index contributed by atoms with van der Waals surface area (Å²) in [5.74, 6) is 1.19. The van der Waals surface area contributed by atoms with Crippen LogP contribution in [-0.4, -0.2) is 16.9 Å². The highest BCUT2D eigenvalue weighted by atomic mass is 16.4. The van der Waals surface area contributed by atoms with Gasteiger partial charge in [0, 0.05) is 6.42 Å². The second-order valence-corrected chi connectivity index (χ2v) is 3.69. The lowest BCUT2D eigenvalue weighted by molar-refractivity contribution is -0.122. The second kappa shape index (κ2) is 6.27. The van der Waals surface area contributed by atoms with Crippen molar-refractivity contribution < 1.29 is 9.21 Å². The van der Waals surface area contributed by atoms with E-state index in [2.05, 4.69) is 10.3 Å². The zero-order valence-corrected chi connectivity index (χ0v) is 9.82. The number of nitrogens with zero attached hydrogens (tertiary/aromatic N) is 1. The van der Waals surface area contributed by atoms with E-state index in [1.807, 2.05) is 13.8 Å². The molecule has 1 aromatic heterocycles. The SMILES string of the molecule is CCCC(N)C(=O)NCc1ncc(CC)o1. The number of nitrogens with two attached hydrogens (primary N) is 1. The van der Waals surface area contributed by atoms with Crippen LogP contribution in [0.2, 0.25) is 0 Å². The number of nitrogens with one attached hydrogen (secondary N) is 1. The highest BCUT2D eigenvalue weighted by molar-refractivity contribution is 5.81. The number of hydrogen-bond acceptors (Lipinski definition) is 4. The van der Waals surface area contributed by atoms with Gasteiger partial charge in [0.05, 0.1) is 18.8 Å². The third-order valence-electron chi connectivity index (χ3n) is 2.30. The van der Waals surface area contributed by atoms with Gasteiger partial charge in [0.25, 0.3) is 0 Å². The van der Waals surface area contributed by atoms with Crippen LogP contribution >= 0.6 is 0 Å². The highest BCUT2D eigenvalue weighted by Crippen LogP contribution is 2.03. The number of carbonyl (C=O) groups is 1. The van der Waals surface area contributed by atoms with Crippen molar-refractivity contribution >= 4 is 5.91 Å². The molecule has 0 aromatic carbocycles. The van der Waals surface area contributed by atoms with Gasteiger partial charge in [0.1, 0.15) is 5.76 Å². The van der Waals surface area contributed by atoms with Crippen LogP contribution in [0.5, 0.6) is 0 Å². The predicted octanol–water partition coefficient (Wildman–Crippen LogP) is 0.981. The van der Waals surface area contributed by atoms with Gasteiger partial charge < -0.3 is 15.5 Å². The number of aromatic nitrogens is 1. The van der Waals surface area contributed by atoms with E-state index in [1.54, 1.807) is 6.20 Å². The molecule has 0 aliphatic rings. The first kappa shape index (κ1) is 12.7. The van der Waals surface area contributed by atoms with Gasteiger partial charge in [-0.15, -0.1) is 0 Å². The predicted molar refractivity (Wildman–Crippen MR) is 60.6 cm³/mol. The standard InChI is InChI=1S/C11H19N3O2/c1-3-5-9(12)11(15)14-7-10-13-6-8(4-2)16-10/h6,9H,3-5,7,12H2,1-2H3,(H,14,15). The summed E-state index contributed by atoms with van der Waals surface area (Å²) in [6.07, 6.45) is 4.06. The minimum absolute atomic E-state index is 0.155. The molecule has 3 N–H and O–H groups in total. The van der Waals surface area contributed by atoms with E-state index in [-0.39, 0.29) is 5.91 Å². The molecule has 0 saturated carbocycles. The third-order valence-corrected chi connectivity index (χ3v) is 2.30. The molecule has 1 heterocycles. The number of hydrogen-bond donors (Lipinski definition) is 2. The molecule has 0 fully saturated rings. The van der Waals surface area contributed by atoms with Crippen LogP contribution in [0.3, 0.4) is 0 Å². The number of rotatable bonds is 6. The zero-order valence-electron chi connectivity index (χ0n) is 9.82. The first-order chi connectivity index (χ1) is 7.67. The fourth-order valence-corrected chi connectivity index (χ4v) is 1.33. The summed E-state index contributed by atoms with van der Waals surface area (Å²) in [6.45, 7) is 4.28. The third kappa shape index (κ3) is 3.66. The summed E-state index contributed by atoms with van der Waals surface area (Å²) in [5, 5.41) is 2.70. The molecule has 0 aliphatic carbocycles. The topological polar surface area (TPSA) is 81.2 Å². The molecule has 1 rings (SSSR count). The maximum absolute atomic E-state index is 11.5. The van der Waals surface area contributed by atoms with Gasteiger partial charge in [-0.2, -0.15) is 0 Å². The van der Waals surface area contributed by atoms with E-state index in [0.717, 1.165) is 18.6 Å². The lowest BCUT2D eigenvalue weighted by atomic mass is 10.2. The Morgan fingerprint density at radius 3 is 2.94 bits per heavy atom. The van der Waals surface area contributed by atoms with E-state index < -0.39 is 6.04 Å². The van der Waals surface area contributed by atoms with Gasteiger partial charge in [-0.1, -0.05) is 20.3 Å². The van der Waals surface area contributed by atoms with E-state index >= 15 is 0 Å². The van der Waals surface area contributed by atoms with Crippen molar-refractivity contribution in [3.05, 3.63) is 17.8 Å². The number of aryl methyl sites for hydroxylation is 1. The molecular weight excluding hydrogens is 206 g/mol. The Hall–Kier alpha value is -1.36. The molecule has 0 bridgehead atoms. The van der Waals surface area contributed by atoms with E-state index in [1.165, 1.54) is 0 Å². The van der Waals surface area contributed by atoms with E-state index in [4.69, 9.17) is 10.2 Å². The fourth-order valence-electron chi connectivity index (χ4n) is 1.33. The summed E-state index contributed by atoms with van der Waals surface area (Å²) in [7, 11) is 0. The van der Waals surface area contributed by atoms with Crippen molar-refractivity contribution in [2.24, 2.45) is 5.73 Å². The Labute approximate surface area is 95.4 Å². The van der Waals surface area contributed by atoms with E-state index in [9.17, 15) is 4.79 Å². The Morgan fingerprint density at radius 1 is 1.62 bits per heavy atom. The fraction of sp³-hybridized carbons (Fsp3) is 0.636. The molecule has 1 atom stereocenters. The molecule has 1 amide bonds. The summed E-state index contributed by atoms with van der Waals surface area (Å²) in [6, 6.07) is -0.439. The molecule has 5 heteroatoms. The Balaban J connectivity index is 2.36. The summed E-state index contributed by atoms with van der Waals surface area (Å²) in [5.41, 5.74) is 5.66. The minimum atomic E-state index is -0.439. The molecule has 0 radical (unpaired) electrons. The summed E-state index contributed by atoms with van der Waals surface area (Å²) in [4.78, 5) is 15.5. The molecule has 0 saturated heterocycles. The Bertz CT molecular complexity index is 336. The van der Waals surface area contributed by atoms with Gasteiger partial charge in [-0.05, 0) is 6.42 Å². The Kier molecular flexibility index (Phi) is 4.98. The molecule has 1 aromatic rings. The zero-order chi connectivity index (χ0) is 12.0. The van der Waals surface area contributed by atoms with Crippen molar-refractivity contribution in [2.75, 3.05) is 0 Å². The quantitative estimate of drug-likeness (QED) is 0.756. The van der Waals surface area contributed by atoms with Gasteiger partial charge in [0.2, 0.25) is 11.8 Å². The van der Waals surface area contributed by atoms with Crippen molar-refractivity contribution in [1.29, 1.82) is 0 Å². The number of amides is 1. The van der Waals surface area contributed by atoms with Crippen LogP contribution in [0.25, 0.3) is 0 Å². The first-order valence-corrected chi connectivity index (χ1v) is 5.64. The average molecular weight is 225 g/mol. The van der Waals surface area contributed by atoms with Crippen molar-refractivity contribution in [3.8, 4) is 0 Å². The number of oxazole rings is 1. The normalized spacial score (nSPS) is 12.4. The average Bonchev–Trinajstić information content (AvgIpc) is 2.74. The molecular formula is C11H19N3O2. The molecule has 16 heavy (non-hydrogen) atoms. The smallest absolute Gasteiger partial charge is 0.237 e. The monoisotopic (exact) mass is 225 g/mol. The van der Waals surface area contributed by atoms with Crippen LogP contribution in [0.1, 0.15) is 38.3 Å². The molecule has 90 valence electrons. The van der Waals surface area contributed by atoms with Gasteiger partial charge >= 0.3 is 0 Å². The van der Waals surface area contributed by atoms with Gasteiger partial charge in [-0.25, -0.2) is 4.98 Å². The number of carbonyl (C=O) groups excluding carboxylic acids is 1. The lowest BCUT2D eigenvalue weighted by Gasteiger charge is -2.09. The van der Waals surface area contributed by atoms with Crippen molar-refractivity contribution in [3.63, 3.8) is 0 Å². The van der Waals surface area contributed by atoms with Crippen LogP contribution < -0.4 is 11.1 Å². The minimum Gasteiger partial charge on any atom is -0.444 e. The summed E-state index contributed by atoms with van der Waals surface area (Å²) < 4.78 is 5.36. The lowest BCUT2D eigenvalue weighted by Crippen LogP contribution is -2.40. The highest BCUT2D eigenvalue weighted by Gasteiger charge is 2.12. The van der Waals surface area contributed by atoms with Crippen LogP contribution in [-0.2, 0) is 17.8 Å². The second-order valence-electron chi connectivity index (χ2n) is 3.69. The maximum Gasteiger partial charge on any atom is 0.237 e. The molecule has 1 unspecified atom stereocenters. The van der Waals surface area contributed by atoms with Gasteiger partial charge in [-0.3, -0.25) is 4.79 Å².